The van der Waals surface area contributed by atoms with Crippen molar-refractivity contribution < 1.29 is 23.4 Å². The zero-order chi connectivity index (χ0) is 22.1. The van der Waals surface area contributed by atoms with Gasteiger partial charge in [0, 0.05) is 18.3 Å². The molecule has 4 aromatic rings. The summed E-state index contributed by atoms with van der Waals surface area (Å²) in [4.78, 5) is 30.3. The Labute approximate surface area is 174 Å². The summed E-state index contributed by atoms with van der Waals surface area (Å²) in [5, 5.41) is 13.0. The van der Waals surface area contributed by atoms with Crippen LogP contribution in [0.1, 0.15) is 10.4 Å². The first-order valence-electron chi connectivity index (χ1n) is 9.04. The number of nitrogens with one attached hydrogen (secondary N) is 1. The molecule has 0 spiro atoms. The van der Waals surface area contributed by atoms with E-state index in [1.807, 2.05) is 0 Å². The van der Waals surface area contributed by atoms with Crippen molar-refractivity contribution in [2.75, 3.05) is 12.4 Å². The van der Waals surface area contributed by atoms with Crippen LogP contribution in [0.5, 0.6) is 11.5 Å². The quantitative estimate of drug-likeness (QED) is 0.523. The van der Waals surface area contributed by atoms with Gasteiger partial charge in [-0.3, -0.25) is 14.2 Å². The van der Waals surface area contributed by atoms with Gasteiger partial charge in [0.2, 0.25) is 0 Å². The minimum Gasteiger partial charge on any atom is -0.506 e. The summed E-state index contributed by atoms with van der Waals surface area (Å²) < 4.78 is 33.5. The van der Waals surface area contributed by atoms with Crippen molar-refractivity contribution in [3.63, 3.8) is 0 Å². The smallest absolute Gasteiger partial charge is 0.273 e. The third-order valence-corrected chi connectivity index (χ3v) is 4.63. The third-order valence-electron chi connectivity index (χ3n) is 4.63. The summed E-state index contributed by atoms with van der Waals surface area (Å²) in [6.07, 6.45) is 1.44. The molecule has 0 unspecified atom stereocenters. The normalized spacial score (nSPS) is 10.8. The van der Waals surface area contributed by atoms with Gasteiger partial charge in [0.25, 0.3) is 11.5 Å². The second-order valence-corrected chi connectivity index (χ2v) is 6.52. The van der Waals surface area contributed by atoms with Crippen LogP contribution in [0.3, 0.4) is 0 Å². The van der Waals surface area contributed by atoms with Crippen LogP contribution < -0.4 is 15.6 Å². The largest absolute Gasteiger partial charge is 0.506 e. The maximum absolute atomic E-state index is 14.0. The molecule has 0 saturated carbocycles. The van der Waals surface area contributed by atoms with E-state index in [0.29, 0.717) is 17.5 Å². The standard InChI is InChI=1S/C22H15F2N3O4/c1-31-14-5-2-4-13(11-14)27-20-15(6-3-9-25-20)19(28)18(22(27)30)21(29)26-17-8-7-12(23)10-16(17)24/h2-11,28H,1H3,(H,26,29). The molecule has 9 heteroatoms. The molecular formula is C22H15F2N3O4. The molecule has 0 saturated heterocycles. The molecule has 2 N–H and O–H groups in total. The Morgan fingerprint density at radius 2 is 1.94 bits per heavy atom. The first-order valence-corrected chi connectivity index (χ1v) is 9.04. The summed E-state index contributed by atoms with van der Waals surface area (Å²) in [5.74, 6) is -3.05. The number of methoxy groups -OCH3 is 1. The van der Waals surface area contributed by atoms with Gasteiger partial charge >= 0.3 is 0 Å². The molecule has 2 aromatic carbocycles. The average molecular weight is 423 g/mol. The highest BCUT2D eigenvalue weighted by Gasteiger charge is 2.24. The Bertz CT molecular complexity index is 1390. The molecule has 0 aliphatic rings. The lowest BCUT2D eigenvalue weighted by Crippen LogP contribution is -2.29. The van der Waals surface area contributed by atoms with E-state index in [1.165, 1.54) is 25.4 Å². The van der Waals surface area contributed by atoms with Crippen LogP contribution in [0.2, 0.25) is 0 Å². The number of hydrogen-bond acceptors (Lipinski definition) is 5. The van der Waals surface area contributed by atoms with Crippen molar-refractivity contribution in [2.24, 2.45) is 0 Å². The van der Waals surface area contributed by atoms with Gasteiger partial charge in [0.1, 0.15) is 28.7 Å². The number of nitrogens with zero attached hydrogens (tertiary/aromatic N) is 2. The van der Waals surface area contributed by atoms with E-state index in [9.17, 15) is 23.5 Å². The van der Waals surface area contributed by atoms with Crippen LogP contribution >= 0.6 is 0 Å². The molecule has 0 bridgehead atoms. The Balaban J connectivity index is 1.93. The van der Waals surface area contributed by atoms with Crippen LogP contribution in [0.4, 0.5) is 14.5 Å². The van der Waals surface area contributed by atoms with Gasteiger partial charge in [0.05, 0.1) is 23.9 Å². The van der Waals surface area contributed by atoms with Gasteiger partial charge in [0.15, 0.2) is 5.65 Å². The summed E-state index contributed by atoms with van der Waals surface area (Å²) in [6, 6.07) is 12.1. The fourth-order valence-corrected chi connectivity index (χ4v) is 3.17. The molecule has 31 heavy (non-hydrogen) atoms. The number of hydrogen-bond donors (Lipinski definition) is 2. The number of pyridine rings is 2. The second-order valence-electron chi connectivity index (χ2n) is 6.52. The molecule has 2 heterocycles. The maximum Gasteiger partial charge on any atom is 0.273 e. The maximum atomic E-state index is 14.0. The number of aromatic nitrogens is 2. The molecule has 7 nitrogen and oxygen atoms in total. The summed E-state index contributed by atoms with van der Waals surface area (Å²) >= 11 is 0. The SMILES string of the molecule is COc1cccc(-n2c(=O)c(C(=O)Nc3ccc(F)cc3F)c(O)c3cccnc32)c1. The van der Waals surface area contributed by atoms with Crippen molar-refractivity contribution in [3.05, 3.63) is 88.3 Å². The summed E-state index contributed by atoms with van der Waals surface area (Å²) in [7, 11) is 1.46. The van der Waals surface area contributed by atoms with E-state index in [0.717, 1.165) is 16.7 Å². The number of carbonyl (C=O) groups excluding carboxylic acids is 1. The average Bonchev–Trinajstić information content (AvgIpc) is 2.76. The molecule has 0 fully saturated rings. The Hall–Kier alpha value is -4.27. The van der Waals surface area contributed by atoms with Gasteiger partial charge in [-0.2, -0.15) is 0 Å². The lowest BCUT2D eigenvalue weighted by Gasteiger charge is -2.15. The molecule has 0 aliphatic carbocycles. The van der Waals surface area contributed by atoms with E-state index in [1.54, 1.807) is 24.3 Å². The van der Waals surface area contributed by atoms with Gasteiger partial charge in [-0.05, 0) is 36.4 Å². The van der Waals surface area contributed by atoms with Crippen LogP contribution in [-0.4, -0.2) is 27.7 Å². The highest BCUT2D eigenvalue weighted by molar-refractivity contribution is 6.09. The number of rotatable bonds is 4. The topological polar surface area (TPSA) is 93.5 Å². The molecule has 0 atom stereocenters. The van der Waals surface area contributed by atoms with Crippen molar-refractivity contribution in [1.82, 2.24) is 9.55 Å². The fourth-order valence-electron chi connectivity index (χ4n) is 3.17. The molecule has 2 aromatic heterocycles. The lowest BCUT2D eigenvalue weighted by molar-refractivity contribution is 0.102. The number of aromatic hydroxyl groups is 1. The zero-order valence-electron chi connectivity index (χ0n) is 16.1. The predicted molar refractivity (Wildman–Crippen MR) is 110 cm³/mol. The number of halogens is 2. The number of fused-ring (bicyclic) bond motifs is 1. The van der Waals surface area contributed by atoms with Crippen LogP contribution in [0.15, 0.2) is 65.6 Å². The second kappa shape index (κ2) is 7.86. The Morgan fingerprint density at radius 1 is 1.13 bits per heavy atom. The lowest BCUT2D eigenvalue weighted by atomic mass is 10.1. The zero-order valence-corrected chi connectivity index (χ0v) is 16.1. The predicted octanol–water partition coefficient (Wildman–Crippen LogP) is 3.63. The first kappa shape index (κ1) is 20.0. The molecule has 0 aliphatic heterocycles. The fraction of sp³-hybridized carbons (Fsp3) is 0.0455. The minimum absolute atomic E-state index is 0.114. The Kier molecular flexibility index (Phi) is 5.08. The van der Waals surface area contributed by atoms with E-state index in [-0.39, 0.29) is 16.7 Å². The molecule has 1 amide bonds. The van der Waals surface area contributed by atoms with E-state index < -0.39 is 34.4 Å². The number of ether oxygens (including phenoxy) is 1. The van der Waals surface area contributed by atoms with E-state index in [2.05, 4.69) is 10.3 Å². The number of amides is 1. The number of carbonyl (C=O) groups is 1. The van der Waals surface area contributed by atoms with Crippen molar-refractivity contribution >= 4 is 22.6 Å². The molecule has 0 radical (unpaired) electrons. The van der Waals surface area contributed by atoms with E-state index >= 15 is 0 Å². The van der Waals surface area contributed by atoms with E-state index in [4.69, 9.17) is 4.74 Å². The van der Waals surface area contributed by atoms with Crippen LogP contribution in [0.25, 0.3) is 16.7 Å². The van der Waals surface area contributed by atoms with Gasteiger partial charge in [-0.25, -0.2) is 13.8 Å². The number of benzene rings is 2. The van der Waals surface area contributed by atoms with Crippen LogP contribution in [-0.2, 0) is 0 Å². The number of anilines is 1. The summed E-state index contributed by atoms with van der Waals surface area (Å²) in [6.45, 7) is 0. The van der Waals surface area contributed by atoms with Crippen molar-refractivity contribution in [1.29, 1.82) is 0 Å². The molecule has 156 valence electrons. The summed E-state index contributed by atoms with van der Waals surface area (Å²) in [5.41, 5.74) is -1.38. The third kappa shape index (κ3) is 3.57. The van der Waals surface area contributed by atoms with Gasteiger partial charge < -0.3 is 15.2 Å². The Morgan fingerprint density at radius 3 is 2.68 bits per heavy atom. The van der Waals surface area contributed by atoms with Crippen molar-refractivity contribution in [3.8, 4) is 17.2 Å². The van der Waals surface area contributed by atoms with Gasteiger partial charge in [-0.15, -0.1) is 0 Å². The molecule has 4 rings (SSSR count). The van der Waals surface area contributed by atoms with Gasteiger partial charge in [-0.1, -0.05) is 6.07 Å². The molecular weight excluding hydrogens is 408 g/mol. The van der Waals surface area contributed by atoms with Crippen molar-refractivity contribution in [2.45, 2.75) is 0 Å². The highest BCUT2D eigenvalue weighted by Crippen LogP contribution is 2.28. The minimum atomic E-state index is -1.06. The monoisotopic (exact) mass is 423 g/mol. The first-order chi connectivity index (χ1) is 14.9. The van der Waals surface area contributed by atoms with Crippen LogP contribution in [0, 0.1) is 11.6 Å². The highest BCUT2D eigenvalue weighted by atomic mass is 19.1.